The lowest BCUT2D eigenvalue weighted by atomic mass is 9.94. The molecule has 5 nitrogen and oxygen atoms in total. The second-order valence-electron chi connectivity index (χ2n) is 6.46. The zero-order chi connectivity index (χ0) is 15.4. The highest BCUT2D eigenvalue weighted by atomic mass is 16.2. The first-order valence-electron chi connectivity index (χ1n) is 8.27. The molecule has 2 aliphatic rings. The zero-order valence-corrected chi connectivity index (χ0v) is 13.7. The van der Waals surface area contributed by atoms with E-state index in [0.717, 1.165) is 39.0 Å². The van der Waals surface area contributed by atoms with E-state index in [9.17, 15) is 9.59 Å². The Morgan fingerprint density at radius 1 is 1.05 bits per heavy atom. The predicted molar refractivity (Wildman–Crippen MR) is 82.9 cm³/mol. The van der Waals surface area contributed by atoms with Crippen LogP contribution in [0.15, 0.2) is 0 Å². The van der Waals surface area contributed by atoms with Crippen LogP contribution in [0.25, 0.3) is 0 Å². The first kappa shape index (κ1) is 16.3. The van der Waals surface area contributed by atoms with Crippen LogP contribution in [0, 0.1) is 0 Å². The Morgan fingerprint density at radius 2 is 1.62 bits per heavy atom. The normalized spacial score (nSPS) is 22.9. The summed E-state index contributed by atoms with van der Waals surface area (Å²) >= 11 is 0. The number of rotatable bonds is 3. The molecule has 21 heavy (non-hydrogen) atoms. The molecule has 1 aliphatic carbocycles. The van der Waals surface area contributed by atoms with E-state index in [2.05, 4.69) is 4.90 Å². The molecule has 1 heterocycles. The van der Waals surface area contributed by atoms with Crippen LogP contribution in [0.1, 0.15) is 46.0 Å². The average Bonchev–Trinajstić information content (AvgIpc) is 2.53. The molecule has 1 atom stereocenters. The first-order chi connectivity index (χ1) is 10.0. The summed E-state index contributed by atoms with van der Waals surface area (Å²) in [6.45, 7) is 6.68. The summed E-state index contributed by atoms with van der Waals surface area (Å²) in [4.78, 5) is 30.1. The third kappa shape index (κ3) is 3.96. The van der Waals surface area contributed by atoms with Gasteiger partial charge in [-0.1, -0.05) is 19.3 Å². The molecule has 0 radical (unpaired) electrons. The molecule has 0 aromatic carbocycles. The van der Waals surface area contributed by atoms with Gasteiger partial charge in [-0.3, -0.25) is 14.5 Å². The lowest BCUT2D eigenvalue weighted by Crippen LogP contribution is -2.56. The smallest absolute Gasteiger partial charge is 0.239 e. The fourth-order valence-corrected chi connectivity index (χ4v) is 3.52. The van der Waals surface area contributed by atoms with E-state index in [-0.39, 0.29) is 17.9 Å². The minimum absolute atomic E-state index is 0.0777. The van der Waals surface area contributed by atoms with Crippen LogP contribution in [0.2, 0.25) is 0 Å². The number of piperazine rings is 1. The minimum Gasteiger partial charge on any atom is -0.341 e. The van der Waals surface area contributed by atoms with E-state index >= 15 is 0 Å². The fourth-order valence-electron chi connectivity index (χ4n) is 3.52. The molecular weight excluding hydrogens is 266 g/mol. The van der Waals surface area contributed by atoms with Crippen molar-refractivity contribution in [3.8, 4) is 0 Å². The van der Waals surface area contributed by atoms with Gasteiger partial charge in [0.25, 0.3) is 0 Å². The molecule has 5 heteroatoms. The summed E-state index contributed by atoms with van der Waals surface area (Å²) in [5.41, 5.74) is 0. The highest BCUT2D eigenvalue weighted by Crippen LogP contribution is 2.22. The van der Waals surface area contributed by atoms with Gasteiger partial charge in [-0.2, -0.15) is 0 Å². The van der Waals surface area contributed by atoms with Crippen LogP contribution in [-0.2, 0) is 9.59 Å². The third-order valence-electron chi connectivity index (χ3n) is 5.13. The van der Waals surface area contributed by atoms with Gasteiger partial charge < -0.3 is 9.80 Å². The Labute approximate surface area is 128 Å². The summed E-state index contributed by atoms with van der Waals surface area (Å²) < 4.78 is 0. The van der Waals surface area contributed by atoms with Crippen molar-refractivity contribution >= 4 is 11.8 Å². The summed E-state index contributed by atoms with van der Waals surface area (Å²) in [7, 11) is 1.96. The second-order valence-corrected chi connectivity index (χ2v) is 6.46. The Bertz CT molecular complexity index is 372. The molecule has 1 aliphatic heterocycles. The van der Waals surface area contributed by atoms with Crippen molar-refractivity contribution in [1.29, 1.82) is 0 Å². The highest BCUT2D eigenvalue weighted by Gasteiger charge is 2.31. The number of likely N-dealkylation sites (N-methyl/N-ethyl adjacent to an activating group) is 1. The van der Waals surface area contributed by atoms with E-state index in [4.69, 9.17) is 0 Å². The van der Waals surface area contributed by atoms with Crippen molar-refractivity contribution in [1.82, 2.24) is 14.7 Å². The summed E-state index contributed by atoms with van der Waals surface area (Å²) in [6.07, 6.45) is 6.09. The van der Waals surface area contributed by atoms with Gasteiger partial charge in [0.1, 0.15) is 0 Å². The molecule has 0 spiro atoms. The lowest BCUT2D eigenvalue weighted by molar-refractivity contribution is -0.139. The van der Waals surface area contributed by atoms with E-state index < -0.39 is 0 Å². The van der Waals surface area contributed by atoms with Crippen LogP contribution in [-0.4, -0.2) is 71.8 Å². The molecule has 0 bridgehead atoms. The van der Waals surface area contributed by atoms with Gasteiger partial charge >= 0.3 is 0 Å². The molecular formula is C16H29N3O2. The van der Waals surface area contributed by atoms with Gasteiger partial charge in [0.15, 0.2) is 0 Å². The molecule has 0 aromatic heterocycles. The first-order valence-corrected chi connectivity index (χ1v) is 8.27. The van der Waals surface area contributed by atoms with Crippen molar-refractivity contribution in [3.63, 3.8) is 0 Å². The van der Waals surface area contributed by atoms with Gasteiger partial charge in [0.2, 0.25) is 11.8 Å². The number of hydrogen-bond donors (Lipinski definition) is 0. The van der Waals surface area contributed by atoms with Gasteiger partial charge in [-0.05, 0) is 19.8 Å². The maximum Gasteiger partial charge on any atom is 0.239 e. The molecule has 1 saturated carbocycles. The molecule has 120 valence electrons. The predicted octanol–water partition coefficient (Wildman–Crippen LogP) is 1.33. The number of carbonyl (C=O) groups excluding carboxylic acids is 2. The van der Waals surface area contributed by atoms with Crippen molar-refractivity contribution in [2.75, 3.05) is 33.2 Å². The molecule has 2 rings (SSSR count). The molecule has 2 amide bonds. The van der Waals surface area contributed by atoms with Gasteiger partial charge in [0.05, 0.1) is 6.04 Å². The second kappa shape index (κ2) is 7.25. The van der Waals surface area contributed by atoms with Crippen LogP contribution in [0.4, 0.5) is 0 Å². The maximum atomic E-state index is 12.7. The number of nitrogens with zero attached hydrogens (tertiary/aromatic N) is 3. The standard InChI is InChI=1S/C16H29N3O2/c1-13(18-9-11-19(12-10-18)14(2)20)16(21)17(3)15-7-5-4-6-8-15/h13,15H,4-12H2,1-3H3. The number of carbonyl (C=O) groups is 2. The van der Waals surface area contributed by atoms with E-state index in [1.807, 2.05) is 23.8 Å². The molecule has 2 fully saturated rings. The minimum atomic E-state index is -0.0777. The molecule has 1 saturated heterocycles. The number of hydrogen-bond acceptors (Lipinski definition) is 3. The summed E-state index contributed by atoms with van der Waals surface area (Å²) in [6, 6.07) is 0.346. The Balaban J connectivity index is 1.86. The largest absolute Gasteiger partial charge is 0.341 e. The maximum absolute atomic E-state index is 12.7. The SMILES string of the molecule is CC(=O)N1CCN(C(C)C(=O)N(C)C2CCCCC2)CC1. The van der Waals surface area contributed by atoms with Crippen LogP contribution in [0.3, 0.4) is 0 Å². The third-order valence-corrected chi connectivity index (χ3v) is 5.13. The Hall–Kier alpha value is -1.10. The lowest BCUT2D eigenvalue weighted by Gasteiger charge is -2.40. The highest BCUT2D eigenvalue weighted by molar-refractivity contribution is 5.81. The van der Waals surface area contributed by atoms with Crippen molar-refractivity contribution in [3.05, 3.63) is 0 Å². The van der Waals surface area contributed by atoms with Crippen LogP contribution < -0.4 is 0 Å². The van der Waals surface area contributed by atoms with Gasteiger partial charge in [-0.15, -0.1) is 0 Å². The number of amides is 2. The Morgan fingerprint density at radius 3 is 2.14 bits per heavy atom. The quantitative estimate of drug-likeness (QED) is 0.789. The van der Waals surface area contributed by atoms with Crippen molar-refractivity contribution in [2.45, 2.75) is 58.0 Å². The average molecular weight is 295 g/mol. The van der Waals surface area contributed by atoms with Gasteiger partial charge in [-0.25, -0.2) is 0 Å². The van der Waals surface area contributed by atoms with E-state index in [1.54, 1.807) is 6.92 Å². The summed E-state index contributed by atoms with van der Waals surface area (Å²) in [5.74, 6) is 0.367. The van der Waals surface area contributed by atoms with Crippen molar-refractivity contribution < 1.29 is 9.59 Å². The molecule has 0 aromatic rings. The topological polar surface area (TPSA) is 43.9 Å². The zero-order valence-electron chi connectivity index (χ0n) is 13.7. The van der Waals surface area contributed by atoms with E-state index in [1.165, 1.54) is 19.3 Å². The monoisotopic (exact) mass is 295 g/mol. The van der Waals surface area contributed by atoms with Crippen LogP contribution in [0.5, 0.6) is 0 Å². The van der Waals surface area contributed by atoms with Gasteiger partial charge in [0, 0.05) is 46.2 Å². The Kier molecular flexibility index (Phi) is 5.62. The summed E-state index contributed by atoms with van der Waals surface area (Å²) in [5, 5.41) is 0. The fraction of sp³-hybridized carbons (Fsp3) is 0.875. The molecule has 0 N–H and O–H groups in total. The molecule has 1 unspecified atom stereocenters. The van der Waals surface area contributed by atoms with Crippen LogP contribution >= 0.6 is 0 Å². The van der Waals surface area contributed by atoms with Crippen molar-refractivity contribution in [2.24, 2.45) is 0 Å². The van der Waals surface area contributed by atoms with E-state index in [0.29, 0.717) is 6.04 Å².